The standard InChI is InChI=1S/C9H8ClNO3/c1-5-9(12)11(13)7-4-2-3-6(10)8(7)14-5/h2-5,13H,1H3/t5-/m0/s1. The zero-order valence-electron chi connectivity index (χ0n) is 7.40. The van der Waals surface area contributed by atoms with E-state index in [-0.39, 0.29) is 5.69 Å². The van der Waals surface area contributed by atoms with E-state index >= 15 is 0 Å². The second-order valence-corrected chi connectivity index (χ2v) is 3.41. The van der Waals surface area contributed by atoms with Crippen molar-refractivity contribution in [3.8, 4) is 5.75 Å². The molecule has 2 rings (SSSR count). The molecule has 1 heterocycles. The zero-order chi connectivity index (χ0) is 10.3. The van der Waals surface area contributed by atoms with E-state index in [2.05, 4.69) is 0 Å². The average molecular weight is 214 g/mol. The van der Waals surface area contributed by atoms with Gasteiger partial charge in [-0.1, -0.05) is 17.7 Å². The number of hydrogen-bond acceptors (Lipinski definition) is 3. The Balaban J connectivity index is 2.56. The van der Waals surface area contributed by atoms with E-state index in [0.717, 1.165) is 0 Å². The topological polar surface area (TPSA) is 49.8 Å². The van der Waals surface area contributed by atoms with Crippen LogP contribution in [0.25, 0.3) is 0 Å². The highest BCUT2D eigenvalue weighted by molar-refractivity contribution is 6.32. The van der Waals surface area contributed by atoms with Crippen molar-refractivity contribution in [2.45, 2.75) is 13.0 Å². The first-order valence-corrected chi connectivity index (χ1v) is 4.47. The number of benzene rings is 1. The molecular weight excluding hydrogens is 206 g/mol. The fourth-order valence-electron chi connectivity index (χ4n) is 1.30. The third-order valence-corrected chi connectivity index (χ3v) is 2.32. The summed E-state index contributed by atoms with van der Waals surface area (Å²) < 4.78 is 5.26. The first-order valence-electron chi connectivity index (χ1n) is 4.09. The van der Waals surface area contributed by atoms with Crippen LogP contribution in [0, 0.1) is 0 Å². The van der Waals surface area contributed by atoms with Gasteiger partial charge in [-0.25, -0.2) is 0 Å². The molecule has 1 amide bonds. The highest BCUT2D eigenvalue weighted by Gasteiger charge is 2.31. The summed E-state index contributed by atoms with van der Waals surface area (Å²) in [6, 6.07) is 4.83. The summed E-state index contributed by atoms with van der Waals surface area (Å²) in [5.41, 5.74) is 0.278. The minimum Gasteiger partial charge on any atom is -0.477 e. The molecule has 14 heavy (non-hydrogen) atoms. The van der Waals surface area contributed by atoms with Crippen molar-refractivity contribution >= 4 is 23.2 Å². The highest BCUT2D eigenvalue weighted by atomic mass is 35.5. The first-order chi connectivity index (χ1) is 6.61. The van der Waals surface area contributed by atoms with E-state index in [0.29, 0.717) is 15.8 Å². The number of nitrogens with zero attached hydrogens (tertiary/aromatic N) is 1. The van der Waals surface area contributed by atoms with Crippen LogP contribution in [-0.2, 0) is 4.79 Å². The van der Waals surface area contributed by atoms with E-state index < -0.39 is 12.0 Å². The van der Waals surface area contributed by atoms with Crippen LogP contribution < -0.4 is 9.80 Å². The van der Waals surface area contributed by atoms with Crippen LogP contribution in [0.2, 0.25) is 5.02 Å². The van der Waals surface area contributed by atoms with Crippen LogP contribution in [0.15, 0.2) is 18.2 Å². The van der Waals surface area contributed by atoms with Crippen LogP contribution in [0.3, 0.4) is 0 Å². The molecule has 4 nitrogen and oxygen atoms in total. The molecule has 1 aliphatic rings. The van der Waals surface area contributed by atoms with Gasteiger partial charge in [0.15, 0.2) is 11.9 Å². The van der Waals surface area contributed by atoms with E-state index in [1.54, 1.807) is 25.1 Å². The summed E-state index contributed by atoms with van der Waals surface area (Å²) in [6.45, 7) is 1.55. The number of hydroxylamine groups is 1. The van der Waals surface area contributed by atoms with E-state index in [4.69, 9.17) is 16.3 Å². The number of para-hydroxylation sites is 1. The summed E-state index contributed by atoms with van der Waals surface area (Å²) >= 11 is 5.85. The van der Waals surface area contributed by atoms with Gasteiger partial charge in [-0.2, -0.15) is 5.06 Å². The zero-order valence-corrected chi connectivity index (χ0v) is 8.15. The molecule has 0 spiro atoms. The molecule has 5 heteroatoms. The van der Waals surface area contributed by atoms with E-state index in [1.807, 2.05) is 0 Å². The average Bonchev–Trinajstić information content (AvgIpc) is 2.17. The van der Waals surface area contributed by atoms with Gasteiger partial charge in [-0.15, -0.1) is 0 Å². The second-order valence-electron chi connectivity index (χ2n) is 3.00. The largest absolute Gasteiger partial charge is 0.477 e. The predicted molar refractivity (Wildman–Crippen MR) is 50.8 cm³/mol. The minimum atomic E-state index is -0.715. The van der Waals surface area contributed by atoms with Crippen LogP contribution in [-0.4, -0.2) is 17.2 Å². The number of fused-ring (bicyclic) bond motifs is 1. The molecule has 0 radical (unpaired) electrons. The third kappa shape index (κ3) is 1.23. The smallest absolute Gasteiger partial charge is 0.291 e. The predicted octanol–water partition coefficient (Wildman–Crippen LogP) is 1.84. The third-order valence-electron chi connectivity index (χ3n) is 2.03. The molecule has 1 aromatic carbocycles. The Morgan fingerprint density at radius 2 is 2.29 bits per heavy atom. The first kappa shape index (κ1) is 9.30. The Hall–Kier alpha value is -1.26. The van der Waals surface area contributed by atoms with Crippen LogP contribution >= 0.6 is 11.6 Å². The van der Waals surface area contributed by atoms with Gasteiger partial charge in [-0.05, 0) is 19.1 Å². The lowest BCUT2D eigenvalue weighted by atomic mass is 10.2. The minimum absolute atomic E-state index is 0.278. The Morgan fingerprint density at radius 3 is 3.00 bits per heavy atom. The van der Waals surface area contributed by atoms with Gasteiger partial charge in [0.05, 0.1) is 5.02 Å². The van der Waals surface area contributed by atoms with E-state index in [1.165, 1.54) is 0 Å². The second kappa shape index (κ2) is 3.15. The van der Waals surface area contributed by atoms with E-state index in [9.17, 15) is 10.0 Å². The molecule has 0 fully saturated rings. The maximum atomic E-state index is 11.3. The monoisotopic (exact) mass is 213 g/mol. The lowest BCUT2D eigenvalue weighted by Crippen LogP contribution is -2.42. The quantitative estimate of drug-likeness (QED) is 0.669. The molecule has 0 saturated heterocycles. The van der Waals surface area contributed by atoms with Crippen LogP contribution in [0.1, 0.15) is 6.92 Å². The van der Waals surface area contributed by atoms with Crippen LogP contribution in [0.5, 0.6) is 5.75 Å². The van der Waals surface area contributed by atoms with Gasteiger partial charge in [0.25, 0.3) is 5.91 Å². The number of hydrogen-bond donors (Lipinski definition) is 1. The molecule has 0 aromatic heterocycles. The highest BCUT2D eigenvalue weighted by Crippen LogP contribution is 2.38. The maximum Gasteiger partial charge on any atom is 0.291 e. The Bertz CT molecular complexity index is 394. The maximum absolute atomic E-state index is 11.3. The van der Waals surface area contributed by atoms with Gasteiger partial charge >= 0.3 is 0 Å². The summed E-state index contributed by atoms with van der Waals surface area (Å²) in [7, 11) is 0. The number of ether oxygens (including phenoxy) is 1. The molecule has 1 aromatic rings. The summed E-state index contributed by atoms with van der Waals surface area (Å²) in [5, 5.41) is 10.4. The van der Waals surface area contributed by atoms with Crippen molar-refractivity contribution in [1.29, 1.82) is 0 Å². The number of amides is 1. The summed E-state index contributed by atoms with van der Waals surface area (Å²) in [5.74, 6) is -0.163. The number of anilines is 1. The van der Waals surface area contributed by atoms with Crippen molar-refractivity contribution in [1.82, 2.24) is 0 Å². The van der Waals surface area contributed by atoms with Gasteiger partial charge in [-0.3, -0.25) is 10.0 Å². The molecular formula is C9H8ClNO3. The Morgan fingerprint density at radius 1 is 1.57 bits per heavy atom. The number of rotatable bonds is 0. The fraction of sp³-hybridized carbons (Fsp3) is 0.222. The molecule has 0 unspecified atom stereocenters. The van der Waals surface area contributed by atoms with Gasteiger partial charge < -0.3 is 4.74 Å². The molecule has 1 N–H and O–H groups in total. The Kier molecular flexibility index (Phi) is 2.09. The van der Waals surface area contributed by atoms with Crippen molar-refractivity contribution in [2.24, 2.45) is 0 Å². The van der Waals surface area contributed by atoms with Gasteiger partial charge in [0.1, 0.15) is 5.69 Å². The molecule has 0 saturated carbocycles. The number of carbonyl (C=O) groups is 1. The molecule has 74 valence electrons. The van der Waals surface area contributed by atoms with Crippen LogP contribution in [0.4, 0.5) is 5.69 Å². The molecule has 0 bridgehead atoms. The summed E-state index contributed by atoms with van der Waals surface area (Å²) in [6.07, 6.45) is -0.715. The normalized spacial score (nSPS) is 20.4. The number of carbonyl (C=O) groups excluding carboxylic acids is 1. The van der Waals surface area contributed by atoms with Crippen molar-refractivity contribution < 1.29 is 14.7 Å². The SMILES string of the molecule is C[C@@H]1Oc2c(Cl)cccc2N(O)C1=O. The Labute approximate surface area is 85.6 Å². The lowest BCUT2D eigenvalue weighted by molar-refractivity contribution is -0.131. The lowest BCUT2D eigenvalue weighted by Gasteiger charge is -2.28. The van der Waals surface area contributed by atoms with Crippen molar-refractivity contribution in [3.05, 3.63) is 23.2 Å². The van der Waals surface area contributed by atoms with Gasteiger partial charge in [0, 0.05) is 0 Å². The van der Waals surface area contributed by atoms with Crippen molar-refractivity contribution in [2.75, 3.05) is 5.06 Å². The molecule has 1 aliphatic heterocycles. The molecule has 0 aliphatic carbocycles. The van der Waals surface area contributed by atoms with Crippen molar-refractivity contribution in [3.63, 3.8) is 0 Å². The molecule has 1 atom stereocenters. The fourth-order valence-corrected chi connectivity index (χ4v) is 1.51. The summed E-state index contributed by atoms with van der Waals surface area (Å²) in [4.78, 5) is 11.3. The number of halogens is 1. The van der Waals surface area contributed by atoms with Gasteiger partial charge in [0.2, 0.25) is 0 Å².